The molecule has 0 saturated carbocycles. The SMILES string of the molecule is CCOC(=O)CCC(=O)N(CCOC)CC(=O)N1CCc2sccc2C1c1ccc(Cl)cc1Cl. The maximum absolute atomic E-state index is 13.5. The summed E-state index contributed by atoms with van der Waals surface area (Å²) in [6.07, 6.45) is 0.668. The van der Waals surface area contributed by atoms with E-state index in [1.807, 2.05) is 17.5 Å². The van der Waals surface area contributed by atoms with Crippen molar-refractivity contribution in [1.29, 1.82) is 0 Å². The lowest BCUT2D eigenvalue weighted by atomic mass is 9.93. The maximum Gasteiger partial charge on any atom is 0.306 e. The highest BCUT2D eigenvalue weighted by Crippen LogP contribution is 2.41. The van der Waals surface area contributed by atoms with Crippen molar-refractivity contribution in [2.75, 3.05) is 40.0 Å². The molecule has 0 fully saturated rings. The molecule has 0 radical (unpaired) electrons. The van der Waals surface area contributed by atoms with Gasteiger partial charge in [0.2, 0.25) is 11.8 Å². The lowest BCUT2D eigenvalue weighted by Crippen LogP contribution is -2.47. The lowest BCUT2D eigenvalue weighted by molar-refractivity contribution is -0.147. The zero-order chi connectivity index (χ0) is 24.7. The van der Waals surface area contributed by atoms with E-state index in [0.29, 0.717) is 16.6 Å². The summed E-state index contributed by atoms with van der Waals surface area (Å²) in [7, 11) is 1.53. The van der Waals surface area contributed by atoms with E-state index in [2.05, 4.69) is 0 Å². The van der Waals surface area contributed by atoms with Crippen LogP contribution in [0.4, 0.5) is 0 Å². The second-order valence-corrected chi connectivity index (χ2v) is 9.66. The van der Waals surface area contributed by atoms with Gasteiger partial charge in [-0.3, -0.25) is 14.4 Å². The van der Waals surface area contributed by atoms with Crippen LogP contribution in [0.15, 0.2) is 29.6 Å². The molecule has 34 heavy (non-hydrogen) atoms. The molecule has 0 bridgehead atoms. The van der Waals surface area contributed by atoms with Gasteiger partial charge >= 0.3 is 5.97 Å². The number of carbonyl (C=O) groups is 3. The van der Waals surface area contributed by atoms with Crippen molar-refractivity contribution in [2.24, 2.45) is 0 Å². The van der Waals surface area contributed by atoms with Gasteiger partial charge in [-0.15, -0.1) is 11.3 Å². The minimum absolute atomic E-state index is 0.0308. The number of benzene rings is 1. The quantitative estimate of drug-likeness (QED) is 0.430. The van der Waals surface area contributed by atoms with Crippen LogP contribution >= 0.6 is 34.5 Å². The largest absolute Gasteiger partial charge is 0.466 e. The summed E-state index contributed by atoms with van der Waals surface area (Å²) in [5.41, 5.74) is 1.82. The Morgan fingerprint density at radius 3 is 2.68 bits per heavy atom. The first kappa shape index (κ1) is 26.5. The van der Waals surface area contributed by atoms with Crippen LogP contribution in [0.5, 0.6) is 0 Å². The summed E-state index contributed by atoms with van der Waals surface area (Å²) in [5, 5.41) is 3.02. The van der Waals surface area contributed by atoms with Crippen LogP contribution in [0.2, 0.25) is 10.0 Å². The highest BCUT2D eigenvalue weighted by atomic mass is 35.5. The van der Waals surface area contributed by atoms with E-state index < -0.39 is 5.97 Å². The number of amides is 2. The molecule has 1 aromatic carbocycles. The van der Waals surface area contributed by atoms with E-state index in [1.54, 1.807) is 35.3 Å². The van der Waals surface area contributed by atoms with Crippen LogP contribution in [0.25, 0.3) is 0 Å². The van der Waals surface area contributed by atoms with Crippen molar-refractivity contribution in [3.63, 3.8) is 0 Å². The number of rotatable bonds is 10. The summed E-state index contributed by atoms with van der Waals surface area (Å²) >= 11 is 14.3. The Morgan fingerprint density at radius 1 is 1.18 bits per heavy atom. The Morgan fingerprint density at radius 2 is 1.97 bits per heavy atom. The average molecular weight is 527 g/mol. The van der Waals surface area contributed by atoms with Gasteiger partial charge in [-0.25, -0.2) is 0 Å². The number of fused-ring (bicyclic) bond motifs is 1. The average Bonchev–Trinajstić information content (AvgIpc) is 3.29. The summed E-state index contributed by atoms with van der Waals surface area (Å²) < 4.78 is 10.0. The third kappa shape index (κ3) is 6.50. The van der Waals surface area contributed by atoms with Crippen LogP contribution in [-0.4, -0.2) is 67.5 Å². The smallest absolute Gasteiger partial charge is 0.306 e. The molecular weight excluding hydrogens is 499 g/mol. The number of hydrogen-bond acceptors (Lipinski definition) is 6. The van der Waals surface area contributed by atoms with Crippen molar-refractivity contribution in [2.45, 2.75) is 32.2 Å². The first-order chi connectivity index (χ1) is 16.3. The molecule has 7 nitrogen and oxygen atoms in total. The van der Waals surface area contributed by atoms with Gasteiger partial charge in [0.25, 0.3) is 0 Å². The van der Waals surface area contributed by atoms with E-state index in [0.717, 1.165) is 17.5 Å². The highest BCUT2D eigenvalue weighted by Gasteiger charge is 2.35. The standard InChI is InChI=1S/C24H28Cl2N2O5S/c1-3-33-23(31)7-6-21(29)27(11-12-32-2)15-22(30)28-10-8-20-18(9-13-34-20)24(28)17-5-4-16(25)14-19(17)26/h4-5,9,13-14,24H,3,6-8,10-12,15H2,1-2H3. The zero-order valence-corrected chi connectivity index (χ0v) is 21.5. The molecule has 10 heteroatoms. The summed E-state index contributed by atoms with van der Waals surface area (Å²) in [6.45, 7) is 2.88. The third-order valence-electron chi connectivity index (χ3n) is 5.64. The van der Waals surface area contributed by atoms with Crippen LogP contribution in [0.1, 0.15) is 41.8 Å². The fourth-order valence-corrected chi connectivity index (χ4v) is 5.41. The molecule has 0 N–H and O–H groups in total. The Labute approximate surface area is 213 Å². The summed E-state index contributed by atoms with van der Waals surface area (Å²) in [6, 6.07) is 6.92. The molecule has 2 amide bonds. The minimum Gasteiger partial charge on any atom is -0.466 e. The summed E-state index contributed by atoms with van der Waals surface area (Å²) in [4.78, 5) is 42.5. The van der Waals surface area contributed by atoms with Crippen molar-refractivity contribution < 1.29 is 23.9 Å². The van der Waals surface area contributed by atoms with Crippen LogP contribution < -0.4 is 0 Å². The fourth-order valence-electron chi connectivity index (χ4n) is 3.99. The molecule has 1 aromatic heterocycles. The van der Waals surface area contributed by atoms with Gasteiger partial charge in [0.15, 0.2) is 0 Å². The summed E-state index contributed by atoms with van der Waals surface area (Å²) in [5.74, 6) is -0.937. The predicted molar refractivity (Wildman–Crippen MR) is 132 cm³/mol. The van der Waals surface area contributed by atoms with E-state index in [-0.39, 0.29) is 57.0 Å². The number of ether oxygens (including phenoxy) is 2. The van der Waals surface area contributed by atoms with Crippen LogP contribution in [0.3, 0.4) is 0 Å². The normalized spacial score (nSPS) is 15.1. The third-order valence-corrected chi connectivity index (χ3v) is 7.19. The molecule has 1 aliphatic rings. The molecule has 3 rings (SSSR count). The van der Waals surface area contributed by atoms with E-state index >= 15 is 0 Å². The second kappa shape index (κ2) is 12.5. The van der Waals surface area contributed by atoms with Gasteiger partial charge in [-0.05, 0) is 48.1 Å². The van der Waals surface area contributed by atoms with Gasteiger partial charge < -0.3 is 19.3 Å². The minimum atomic E-state index is -0.438. The van der Waals surface area contributed by atoms with Crippen molar-refractivity contribution >= 4 is 52.3 Å². The number of carbonyl (C=O) groups excluding carboxylic acids is 3. The van der Waals surface area contributed by atoms with E-state index in [9.17, 15) is 14.4 Å². The maximum atomic E-state index is 13.5. The molecular formula is C24H28Cl2N2O5S. The van der Waals surface area contributed by atoms with Gasteiger partial charge in [0.1, 0.15) is 0 Å². The predicted octanol–water partition coefficient (Wildman–Crippen LogP) is 4.35. The molecule has 1 aliphatic heterocycles. The van der Waals surface area contributed by atoms with E-state index in [4.69, 9.17) is 32.7 Å². The number of nitrogens with zero attached hydrogens (tertiary/aromatic N) is 2. The molecule has 1 atom stereocenters. The molecule has 1 unspecified atom stereocenters. The number of halogens is 2. The number of thiophene rings is 1. The second-order valence-electron chi connectivity index (χ2n) is 7.82. The van der Waals surface area contributed by atoms with Gasteiger partial charge in [-0.2, -0.15) is 0 Å². The topological polar surface area (TPSA) is 76.1 Å². The number of methoxy groups -OCH3 is 1. The van der Waals surface area contributed by atoms with Crippen molar-refractivity contribution in [1.82, 2.24) is 9.80 Å². The Hall–Kier alpha value is -2.13. The zero-order valence-electron chi connectivity index (χ0n) is 19.2. The highest BCUT2D eigenvalue weighted by molar-refractivity contribution is 7.10. The first-order valence-corrected chi connectivity index (χ1v) is 12.7. The number of hydrogen-bond donors (Lipinski definition) is 0. The number of esters is 1. The lowest BCUT2D eigenvalue weighted by Gasteiger charge is -2.38. The molecule has 2 heterocycles. The van der Waals surface area contributed by atoms with E-state index in [1.165, 1.54) is 16.9 Å². The molecule has 0 spiro atoms. The molecule has 0 aliphatic carbocycles. The molecule has 184 valence electrons. The Balaban J connectivity index is 1.81. The van der Waals surface area contributed by atoms with Crippen LogP contribution in [-0.2, 0) is 30.3 Å². The molecule has 2 aromatic rings. The fraction of sp³-hybridized carbons (Fsp3) is 0.458. The van der Waals surface area contributed by atoms with Gasteiger partial charge in [0, 0.05) is 41.5 Å². The van der Waals surface area contributed by atoms with Crippen LogP contribution in [0, 0.1) is 0 Å². The van der Waals surface area contributed by atoms with Crippen molar-refractivity contribution in [3.8, 4) is 0 Å². The monoisotopic (exact) mass is 526 g/mol. The molecule has 0 saturated heterocycles. The van der Waals surface area contributed by atoms with Crippen molar-refractivity contribution in [3.05, 3.63) is 55.7 Å². The first-order valence-electron chi connectivity index (χ1n) is 11.1. The van der Waals surface area contributed by atoms with Gasteiger partial charge in [0.05, 0.1) is 32.2 Å². The Kier molecular flexibility index (Phi) is 9.76. The van der Waals surface area contributed by atoms with Gasteiger partial charge in [-0.1, -0.05) is 29.3 Å². The Bertz CT molecular complexity index is 1030.